The minimum Gasteiger partial charge on any atom is -0.484 e. The number of amides is 1. The van der Waals surface area contributed by atoms with Crippen LogP contribution >= 0.6 is 11.6 Å². The number of hydrogen-bond acceptors (Lipinski definition) is 2. The fourth-order valence-corrected chi connectivity index (χ4v) is 1.31. The lowest BCUT2D eigenvalue weighted by molar-refractivity contribution is -0.124. The normalized spacial score (nSPS) is 11.1. The highest BCUT2D eigenvalue weighted by atomic mass is 35.5. The van der Waals surface area contributed by atoms with E-state index >= 15 is 0 Å². The molecule has 0 aliphatic heterocycles. The van der Waals surface area contributed by atoms with Crippen LogP contribution in [0.4, 0.5) is 0 Å². The smallest absolute Gasteiger partial charge is 0.258 e. The third-order valence-electron chi connectivity index (χ3n) is 2.55. The van der Waals surface area contributed by atoms with E-state index in [1.807, 2.05) is 20.8 Å². The van der Waals surface area contributed by atoms with Crippen molar-refractivity contribution in [2.45, 2.75) is 32.7 Å². The first-order valence-corrected chi connectivity index (χ1v) is 6.00. The van der Waals surface area contributed by atoms with E-state index in [9.17, 15) is 4.79 Å². The molecule has 4 heteroatoms. The van der Waals surface area contributed by atoms with Crippen LogP contribution < -0.4 is 10.1 Å². The average Bonchev–Trinajstić information content (AvgIpc) is 2.28. The summed E-state index contributed by atoms with van der Waals surface area (Å²) in [6, 6.07) is 6.93. The maximum Gasteiger partial charge on any atom is 0.258 e. The molecule has 0 aliphatic carbocycles. The molecule has 1 N–H and O–H groups in total. The lowest BCUT2D eigenvalue weighted by atomic mass is 10.0. The van der Waals surface area contributed by atoms with Gasteiger partial charge in [-0.2, -0.15) is 0 Å². The van der Waals surface area contributed by atoms with Crippen molar-refractivity contribution in [3.63, 3.8) is 0 Å². The number of ether oxygens (including phenoxy) is 1. The topological polar surface area (TPSA) is 38.3 Å². The van der Waals surface area contributed by atoms with E-state index in [2.05, 4.69) is 5.32 Å². The van der Waals surface area contributed by atoms with Crippen LogP contribution in [0.1, 0.15) is 27.2 Å². The Labute approximate surface area is 107 Å². The van der Waals surface area contributed by atoms with E-state index in [1.54, 1.807) is 24.3 Å². The van der Waals surface area contributed by atoms with Crippen LogP contribution in [0.5, 0.6) is 5.75 Å². The minimum atomic E-state index is -0.194. The first-order valence-electron chi connectivity index (χ1n) is 5.62. The van der Waals surface area contributed by atoms with E-state index in [1.165, 1.54) is 0 Å². The molecule has 3 nitrogen and oxygen atoms in total. The Morgan fingerprint density at radius 3 is 2.47 bits per heavy atom. The molecule has 0 saturated carbocycles. The molecule has 0 unspecified atom stereocenters. The summed E-state index contributed by atoms with van der Waals surface area (Å²) in [6.45, 7) is 6.01. The molecule has 0 radical (unpaired) electrons. The molecule has 1 aromatic carbocycles. The molecular formula is C13H18ClNO2. The van der Waals surface area contributed by atoms with E-state index in [0.717, 1.165) is 6.42 Å². The highest BCUT2D eigenvalue weighted by molar-refractivity contribution is 6.30. The molecule has 0 saturated heterocycles. The molecule has 94 valence electrons. The van der Waals surface area contributed by atoms with Crippen molar-refractivity contribution in [3.05, 3.63) is 29.3 Å². The number of benzene rings is 1. The largest absolute Gasteiger partial charge is 0.484 e. The van der Waals surface area contributed by atoms with Crippen molar-refractivity contribution >= 4 is 17.5 Å². The summed E-state index contributed by atoms with van der Waals surface area (Å²) in [7, 11) is 0. The van der Waals surface area contributed by atoms with Gasteiger partial charge < -0.3 is 10.1 Å². The monoisotopic (exact) mass is 255 g/mol. The number of carbonyl (C=O) groups is 1. The number of carbonyl (C=O) groups excluding carboxylic acids is 1. The predicted molar refractivity (Wildman–Crippen MR) is 69.5 cm³/mol. The molecule has 1 amide bonds. The fourth-order valence-electron chi connectivity index (χ4n) is 1.18. The van der Waals surface area contributed by atoms with Crippen LogP contribution in [0.3, 0.4) is 0 Å². The molecular weight excluding hydrogens is 238 g/mol. The van der Waals surface area contributed by atoms with Gasteiger partial charge in [-0.05, 0) is 44.5 Å². The Kier molecular flexibility index (Phi) is 4.82. The lowest BCUT2D eigenvalue weighted by Crippen LogP contribution is -2.44. The van der Waals surface area contributed by atoms with Crippen molar-refractivity contribution in [2.24, 2.45) is 0 Å². The van der Waals surface area contributed by atoms with Crippen molar-refractivity contribution in [1.29, 1.82) is 0 Å². The lowest BCUT2D eigenvalue weighted by Gasteiger charge is -2.24. The van der Waals surface area contributed by atoms with Gasteiger partial charge in [0, 0.05) is 10.6 Å². The second-order valence-corrected chi connectivity index (χ2v) is 4.96. The Morgan fingerprint density at radius 2 is 1.94 bits per heavy atom. The molecule has 0 heterocycles. The average molecular weight is 256 g/mol. The van der Waals surface area contributed by atoms with Gasteiger partial charge >= 0.3 is 0 Å². The van der Waals surface area contributed by atoms with E-state index in [0.29, 0.717) is 10.8 Å². The summed E-state index contributed by atoms with van der Waals surface area (Å²) in [5.74, 6) is 0.519. The molecule has 0 fully saturated rings. The van der Waals surface area contributed by atoms with Gasteiger partial charge in [0.15, 0.2) is 6.61 Å². The SMILES string of the molecule is CCC(C)(C)NC(=O)COc1ccc(Cl)cc1. The zero-order chi connectivity index (χ0) is 12.9. The van der Waals surface area contributed by atoms with Gasteiger partial charge in [0.05, 0.1) is 0 Å². The molecule has 1 rings (SSSR count). The summed E-state index contributed by atoms with van der Waals surface area (Å²) in [4.78, 5) is 11.6. The van der Waals surface area contributed by atoms with E-state index in [4.69, 9.17) is 16.3 Å². The molecule has 0 bridgehead atoms. The number of rotatable bonds is 5. The third kappa shape index (κ3) is 5.09. The van der Waals surface area contributed by atoms with Crippen molar-refractivity contribution < 1.29 is 9.53 Å². The maximum atomic E-state index is 11.6. The highest BCUT2D eigenvalue weighted by Crippen LogP contribution is 2.15. The molecule has 17 heavy (non-hydrogen) atoms. The van der Waals surface area contributed by atoms with Gasteiger partial charge in [0.25, 0.3) is 5.91 Å². The van der Waals surface area contributed by atoms with Gasteiger partial charge in [-0.15, -0.1) is 0 Å². The number of nitrogens with one attached hydrogen (secondary N) is 1. The second-order valence-electron chi connectivity index (χ2n) is 4.53. The Balaban J connectivity index is 2.41. The van der Waals surface area contributed by atoms with Crippen LogP contribution in [0.25, 0.3) is 0 Å². The van der Waals surface area contributed by atoms with Crippen molar-refractivity contribution in [3.8, 4) is 5.75 Å². The number of halogens is 1. The minimum absolute atomic E-state index is 0.0189. The van der Waals surface area contributed by atoms with E-state index in [-0.39, 0.29) is 18.1 Å². The van der Waals surface area contributed by atoms with Gasteiger partial charge in [-0.25, -0.2) is 0 Å². The molecule has 0 aromatic heterocycles. The quantitative estimate of drug-likeness (QED) is 0.878. The first-order chi connectivity index (χ1) is 7.93. The molecule has 0 spiro atoms. The van der Waals surface area contributed by atoms with Crippen LogP contribution in [-0.2, 0) is 4.79 Å². The second kappa shape index (κ2) is 5.92. The predicted octanol–water partition coefficient (Wildman–Crippen LogP) is 3.02. The molecule has 0 aliphatic rings. The zero-order valence-electron chi connectivity index (χ0n) is 10.4. The van der Waals surface area contributed by atoms with Gasteiger partial charge in [0.2, 0.25) is 0 Å². The molecule has 0 atom stereocenters. The first kappa shape index (κ1) is 13.8. The number of hydrogen-bond donors (Lipinski definition) is 1. The fraction of sp³-hybridized carbons (Fsp3) is 0.462. The summed E-state index contributed by atoms with van der Waals surface area (Å²) in [5.41, 5.74) is -0.194. The Morgan fingerprint density at radius 1 is 1.35 bits per heavy atom. The Hall–Kier alpha value is -1.22. The van der Waals surface area contributed by atoms with Gasteiger partial charge in [-0.1, -0.05) is 18.5 Å². The van der Waals surface area contributed by atoms with Crippen molar-refractivity contribution in [1.82, 2.24) is 5.32 Å². The molecule has 1 aromatic rings. The zero-order valence-corrected chi connectivity index (χ0v) is 11.2. The van der Waals surface area contributed by atoms with Crippen LogP contribution in [0, 0.1) is 0 Å². The van der Waals surface area contributed by atoms with Crippen LogP contribution in [-0.4, -0.2) is 18.1 Å². The summed E-state index contributed by atoms with van der Waals surface area (Å²) in [5, 5.41) is 3.54. The van der Waals surface area contributed by atoms with Crippen LogP contribution in [0.2, 0.25) is 5.02 Å². The summed E-state index contributed by atoms with van der Waals surface area (Å²) >= 11 is 5.75. The van der Waals surface area contributed by atoms with Gasteiger partial charge in [0.1, 0.15) is 5.75 Å². The standard InChI is InChI=1S/C13H18ClNO2/c1-4-13(2,3)15-12(16)9-17-11-7-5-10(14)6-8-11/h5-8H,4,9H2,1-3H3,(H,15,16). The Bertz CT molecular complexity index is 374. The maximum absolute atomic E-state index is 11.6. The third-order valence-corrected chi connectivity index (χ3v) is 2.80. The van der Waals surface area contributed by atoms with E-state index < -0.39 is 0 Å². The summed E-state index contributed by atoms with van der Waals surface area (Å²) < 4.78 is 5.34. The summed E-state index contributed by atoms with van der Waals surface area (Å²) in [6.07, 6.45) is 0.875. The van der Waals surface area contributed by atoms with Gasteiger partial charge in [-0.3, -0.25) is 4.79 Å². The van der Waals surface area contributed by atoms with Crippen LogP contribution in [0.15, 0.2) is 24.3 Å². The highest BCUT2D eigenvalue weighted by Gasteiger charge is 2.17. The van der Waals surface area contributed by atoms with Crippen molar-refractivity contribution in [2.75, 3.05) is 6.61 Å².